The summed E-state index contributed by atoms with van der Waals surface area (Å²) in [5, 5.41) is 13.5. The summed E-state index contributed by atoms with van der Waals surface area (Å²) in [6, 6.07) is 3.81. The number of hydrogen-bond acceptors (Lipinski definition) is 6. The fraction of sp³-hybridized carbons (Fsp3) is 0.250. The number of nitrogens with zero attached hydrogens (tertiary/aromatic N) is 4. The van der Waals surface area contributed by atoms with E-state index >= 15 is 0 Å². The molecule has 0 fully saturated rings. The van der Waals surface area contributed by atoms with E-state index in [4.69, 9.17) is 4.74 Å². The van der Waals surface area contributed by atoms with Gasteiger partial charge in [-0.05, 0) is 6.07 Å². The normalized spacial score (nSPS) is 10.8. The summed E-state index contributed by atoms with van der Waals surface area (Å²) in [5.41, 5.74) is -0.723. The lowest BCUT2D eigenvalue weighted by Crippen LogP contribution is -2.46. The second kappa shape index (κ2) is 6.98. The molecule has 0 aliphatic carbocycles. The number of non-ortho nitro benzene ring substituents is 1. The van der Waals surface area contributed by atoms with Gasteiger partial charge in [0.15, 0.2) is 6.54 Å². The van der Waals surface area contributed by atoms with Crippen LogP contribution in [0.2, 0.25) is 0 Å². The number of aromatic nitrogens is 4. The molecule has 0 aliphatic rings. The van der Waals surface area contributed by atoms with Crippen LogP contribution in [0, 0.1) is 10.1 Å². The molecule has 0 bridgehead atoms. The van der Waals surface area contributed by atoms with Crippen LogP contribution in [-0.4, -0.2) is 32.1 Å². The van der Waals surface area contributed by atoms with Gasteiger partial charge in [-0.1, -0.05) is 0 Å². The lowest BCUT2D eigenvalue weighted by atomic mass is 10.2. The minimum atomic E-state index is -0.590. The number of methoxy groups -OCH3 is 1. The van der Waals surface area contributed by atoms with Crippen molar-refractivity contribution in [1.82, 2.24) is 14.1 Å². The van der Waals surface area contributed by atoms with Gasteiger partial charge in [-0.25, -0.2) is 14.3 Å². The Hall–Kier alpha value is -3.96. The van der Waals surface area contributed by atoms with Gasteiger partial charge in [-0.15, -0.1) is 0 Å². The summed E-state index contributed by atoms with van der Waals surface area (Å²) in [6.07, 6.45) is 1.40. The van der Waals surface area contributed by atoms with Crippen LogP contribution in [0.3, 0.4) is 0 Å². The average Bonchev–Trinajstić information content (AvgIpc) is 3.08. The van der Waals surface area contributed by atoms with Gasteiger partial charge in [-0.2, -0.15) is 0 Å². The largest absolute Gasteiger partial charge is 0.495 e. The number of anilines is 1. The zero-order chi connectivity index (χ0) is 20.6. The van der Waals surface area contributed by atoms with Crippen molar-refractivity contribution in [3.8, 4) is 5.75 Å². The van der Waals surface area contributed by atoms with Gasteiger partial charge in [0.25, 0.3) is 22.8 Å². The Bertz CT molecular complexity index is 1220. The Kier molecular flexibility index (Phi) is 4.69. The number of nitrogens with one attached hydrogen (secondary N) is 2. The van der Waals surface area contributed by atoms with Crippen LogP contribution in [0.1, 0.15) is 0 Å². The highest BCUT2D eigenvalue weighted by molar-refractivity contribution is 5.92. The van der Waals surface area contributed by atoms with Crippen molar-refractivity contribution in [3.63, 3.8) is 0 Å². The highest BCUT2D eigenvalue weighted by atomic mass is 16.6. The molecule has 146 valence electrons. The van der Waals surface area contributed by atoms with Crippen molar-refractivity contribution in [2.75, 3.05) is 12.4 Å². The first-order valence-electron chi connectivity index (χ1n) is 8.03. The van der Waals surface area contributed by atoms with Crippen molar-refractivity contribution < 1.29 is 19.0 Å². The number of ether oxygens (including phenoxy) is 1. The molecule has 0 aliphatic heterocycles. The maximum Gasteiger partial charge on any atom is 0.333 e. The predicted molar refractivity (Wildman–Crippen MR) is 97.3 cm³/mol. The molecule has 2 heterocycles. The van der Waals surface area contributed by atoms with Crippen LogP contribution in [-0.2, 0) is 25.4 Å². The molecule has 1 aromatic carbocycles. The SMILES string of the molecule is COc1ccc([N+](=O)[O-])cc1NC(=O)C[n+]1c[nH]c2c1c(=O)n(C)c(=O)n2C. The topological polar surface area (TPSA) is 145 Å². The molecule has 0 saturated heterocycles. The molecule has 0 unspecified atom stereocenters. The third kappa shape index (κ3) is 3.11. The number of imidazole rings is 1. The molecule has 0 saturated carbocycles. The summed E-state index contributed by atoms with van der Waals surface area (Å²) in [6.45, 7) is -0.265. The van der Waals surface area contributed by atoms with Crippen LogP contribution in [0.5, 0.6) is 5.75 Å². The number of fused-ring (bicyclic) bond motifs is 1. The van der Waals surface area contributed by atoms with Gasteiger partial charge in [0.2, 0.25) is 6.33 Å². The van der Waals surface area contributed by atoms with Gasteiger partial charge in [-0.3, -0.25) is 28.8 Å². The number of H-pyrrole nitrogens is 1. The number of amides is 1. The zero-order valence-electron chi connectivity index (χ0n) is 15.3. The smallest absolute Gasteiger partial charge is 0.333 e. The average molecular weight is 389 g/mol. The molecule has 3 aromatic rings. The highest BCUT2D eigenvalue weighted by Gasteiger charge is 2.22. The van der Waals surface area contributed by atoms with Crippen molar-refractivity contribution >= 4 is 28.4 Å². The summed E-state index contributed by atoms with van der Waals surface area (Å²) in [4.78, 5) is 50.0. The lowest BCUT2D eigenvalue weighted by molar-refractivity contribution is -0.658. The van der Waals surface area contributed by atoms with Gasteiger partial charge in [0.05, 0.1) is 17.7 Å². The summed E-state index contributed by atoms with van der Waals surface area (Å²) in [7, 11) is 4.21. The third-order valence-electron chi connectivity index (χ3n) is 4.27. The van der Waals surface area contributed by atoms with Crippen LogP contribution < -0.4 is 25.9 Å². The number of carbonyl (C=O) groups is 1. The van der Waals surface area contributed by atoms with Crippen molar-refractivity contribution in [1.29, 1.82) is 0 Å². The molecule has 3 rings (SSSR count). The standard InChI is InChI=1S/C16H16N6O6/c1-19-14-13(15(24)20(2)16(19)25)21(8-17-14)7-12(23)18-10-6-9(22(26)27)4-5-11(10)28-3/h4-6,8H,7H2,1-3H3,(H,18,23)/p+1. The minimum absolute atomic E-state index is 0.127. The maximum atomic E-state index is 12.5. The predicted octanol–water partition coefficient (Wildman–Crippen LogP) is -0.592. The van der Waals surface area contributed by atoms with E-state index in [0.717, 1.165) is 4.57 Å². The molecule has 0 radical (unpaired) electrons. The molecular weight excluding hydrogens is 372 g/mol. The van der Waals surface area contributed by atoms with E-state index in [9.17, 15) is 24.5 Å². The first-order chi connectivity index (χ1) is 13.2. The zero-order valence-corrected chi connectivity index (χ0v) is 15.3. The number of hydrogen-bond donors (Lipinski definition) is 2. The number of nitro groups is 1. The Balaban J connectivity index is 1.95. The minimum Gasteiger partial charge on any atom is -0.495 e. The summed E-state index contributed by atoms with van der Waals surface area (Å²) in [5.74, 6) is -0.290. The van der Waals surface area contributed by atoms with Crippen LogP contribution >= 0.6 is 0 Å². The number of benzene rings is 1. The summed E-state index contributed by atoms with van der Waals surface area (Å²) >= 11 is 0. The Morgan fingerprint density at radius 1 is 1.32 bits per heavy atom. The monoisotopic (exact) mass is 389 g/mol. The van der Waals surface area contributed by atoms with Crippen LogP contribution in [0.15, 0.2) is 34.1 Å². The second-order valence-corrected chi connectivity index (χ2v) is 5.99. The van der Waals surface area contributed by atoms with Gasteiger partial charge < -0.3 is 10.1 Å². The number of aryl methyl sites for hydroxylation is 1. The Labute approximate surface area is 156 Å². The molecule has 0 atom stereocenters. The van der Waals surface area contributed by atoms with Crippen molar-refractivity contribution in [2.24, 2.45) is 14.1 Å². The molecule has 0 spiro atoms. The molecule has 12 nitrogen and oxygen atoms in total. The fourth-order valence-electron chi connectivity index (χ4n) is 2.83. The first-order valence-corrected chi connectivity index (χ1v) is 8.03. The molecular formula is C16H17N6O6+. The Morgan fingerprint density at radius 2 is 2.04 bits per heavy atom. The third-order valence-corrected chi connectivity index (χ3v) is 4.27. The summed E-state index contributed by atoms with van der Waals surface area (Å²) < 4.78 is 8.66. The molecule has 28 heavy (non-hydrogen) atoms. The van der Waals surface area contributed by atoms with Crippen molar-refractivity contribution in [2.45, 2.75) is 6.54 Å². The number of aromatic amines is 1. The van der Waals surface area contributed by atoms with Crippen LogP contribution in [0.25, 0.3) is 11.2 Å². The number of rotatable bonds is 5. The number of nitro benzene ring substituents is 1. The molecule has 2 aromatic heterocycles. The first kappa shape index (κ1) is 18.8. The highest BCUT2D eigenvalue weighted by Crippen LogP contribution is 2.28. The van der Waals surface area contributed by atoms with E-state index in [1.165, 1.54) is 54.9 Å². The van der Waals surface area contributed by atoms with E-state index in [0.29, 0.717) is 0 Å². The van der Waals surface area contributed by atoms with E-state index < -0.39 is 22.1 Å². The van der Waals surface area contributed by atoms with E-state index in [1.54, 1.807) is 0 Å². The lowest BCUT2D eigenvalue weighted by Gasteiger charge is -2.09. The van der Waals surface area contributed by atoms with Gasteiger partial charge in [0, 0.05) is 26.2 Å². The molecule has 12 heteroatoms. The molecule has 1 amide bonds. The second-order valence-electron chi connectivity index (χ2n) is 5.99. The van der Waals surface area contributed by atoms with Crippen molar-refractivity contribution in [3.05, 3.63) is 55.5 Å². The maximum absolute atomic E-state index is 12.5. The Morgan fingerprint density at radius 3 is 2.68 bits per heavy atom. The quantitative estimate of drug-likeness (QED) is 0.339. The fourth-order valence-corrected chi connectivity index (χ4v) is 2.83. The van der Waals surface area contributed by atoms with Crippen LogP contribution in [0.4, 0.5) is 11.4 Å². The number of carbonyl (C=O) groups excluding carboxylic acids is 1. The van der Waals surface area contributed by atoms with Gasteiger partial charge in [0.1, 0.15) is 5.75 Å². The van der Waals surface area contributed by atoms with Gasteiger partial charge >= 0.3 is 11.2 Å². The van der Waals surface area contributed by atoms with E-state index in [-0.39, 0.29) is 34.8 Å². The van der Waals surface area contributed by atoms with E-state index in [1.807, 2.05) is 0 Å². The molecule has 2 N–H and O–H groups in total. The van der Waals surface area contributed by atoms with E-state index in [2.05, 4.69) is 10.3 Å².